The zero-order valence-corrected chi connectivity index (χ0v) is 16.4. The highest BCUT2D eigenvalue weighted by molar-refractivity contribution is 5.92. The van der Waals surface area contributed by atoms with Crippen molar-refractivity contribution in [2.45, 2.75) is 20.1 Å². The summed E-state index contributed by atoms with van der Waals surface area (Å²) in [6, 6.07) is 23.7. The zero-order valence-electron chi connectivity index (χ0n) is 16.4. The molecule has 2 aromatic heterocycles. The first-order valence-corrected chi connectivity index (χ1v) is 9.71. The Morgan fingerprint density at radius 3 is 2.45 bits per heavy atom. The smallest absolute Gasteiger partial charge is 0.274 e. The van der Waals surface area contributed by atoms with Gasteiger partial charge in [0.05, 0.1) is 0 Å². The lowest BCUT2D eigenvalue weighted by molar-refractivity contribution is 0.0747. The predicted molar refractivity (Wildman–Crippen MR) is 113 cm³/mol. The van der Waals surface area contributed by atoms with Crippen molar-refractivity contribution in [3.8, 4) is 5.75 Å². The number of pyridine rings is 1. The van der Waals surface area contributed by atoms with Gasteiger partial charge in [0.2, 0.25) is 0 Å². The van der Waals surface area contributed by atoms with Crippen molar-refractivity contribution in [2.24, 2.45) is 0 Å². The summed E-state index contributed by atoms with van der Waals surface area (Å²) in [5.74, 6) is 0.743. The molecular weight excluding hydrogens is 362 g/mol. The number of imidazole rings is 1. The maximum Gasteiger partial charge on any atom is 0.274 e. The molecule has 0 aliphatic heterocycles. The van der Waals surface area contributed by atoms with Gasteiger partial charge >= 0.3 is 0 Å². The second-order valence-corrected chi connectivity index (χ2v) is 6.83. The molecule has 29 heavy (non-hydrogen) atoms. The van der Waals surface area contributed by atoms with Gasteiger partial charge < -0.3 is 14.0 Å². The SMILES string of the molecule is CCN(Cc1ccc(OCc2ccccc2)cc1)C(=O)c1cn2ccccc2n1. The van der Waals surface area contributed by atoms with Crippen LogP contribution >= 0.6 is 0 Å². The molecule has 0 unspecified atom stereocenters. The van der Waals surface area contributed by atoms with E-state index >= 15 is 0 Å². The minimum atomic E-state index is -0.0689. The number of aromatic nitrogens is 2. The molecule has 0 radical (unpaired) electrons. The van der Waals surface area contributed by atoms with Gasteiger partial charge in [-0.3, -0.25) is 4.79 Å². The Hall–Kier alpha value is -3.60. The third-order valence-corrected chi connectivity index (χ3v) is 4.80. The third-order valence-electron chi connectivity index (χ3n) is 4.80. The molecule has 2 aromatic carbocycles. The number of nitrogens with zero attached hydrogens (tertiary/aromatic N) is 3. The number of ether oxygens (including phenoxy) is 1. The number of benzene rings is 2. The Morgan fingerprint density at radius 2 is 1.72 bits per heavy atom. The monoisotopic (exact) mass is 385 g/mol. The normalized spacial score (nSPS) is 10.8. The summed E-state index contributed by atoms with van der Waals surface area (Å²) in [4.78, 5) is 19.1. The Labute approximate surface area is 170 Å². The first-order valence-electron chi connectivity index (χ1n) is 9.71. The van der Waals surface area contributed by atoms with Gasteiger partial charge in [0.1, 0.15) is 23.7 Å². The molecule has 0 atom stereocenters. The van der Waals surface area contributed by atoms with Gasteiger partial charge in [0.15, 0.2) is 0 Å². The summed E-state index contributed by atoms with van der Waals surface area (Å²) < 4.78 is 7.70. The van der Waals surface area contributed by atoms with Gasteiger partial charge in [0.25, 0.3) is 5.91 Å². The van der Waals surface area contributed by atoms with Crippen LogP contribution in [0.1, 0.15) is 28.5 Å². The summed E-state index contributed by atoms with van der Waals surface area (Å²) >= 11 is 0. The number of hydrogen-bond acceptors (Lipinski definition) is 3. The van der Waals surface area contributed by atoms with E-state index in [2.05, 4.69) is 4.98 Å². The van der Waals surface area contributed by atoms with Crippen LogP contribution in [0.4, 0.5) is 0 Å². The van der Waals surface area contributed by atoms with Crippen molar-refractivity contribution in [3.05, 3.63) is 102 Å². The lowest BCUT2D eigenvalue weighted by Gasteiger charge is -2.20. The van der Waals surface area contributed by atoms with Crippen LogP contribution in [0.25, 0.3) is 5.65 Å². The average molecular weight is 385 g/mol. The van der Waals surface area contributed by atoms with Crippen LogP contribution in [0.3, 0.4) is 0 Å². The van der Waals surface area contributed by atoms with Gasteiger partial charge in [-0.25, -0.2) is 4.98 Å². The molecule has 1 amide bonds. The van der Waals surface area contributed by atoms with E-state index in [1.807, 2.05) is 90.3 Å². The van der Waals surface area contributed by atoms with Crippen molar-refractivity contribution in [2.75, 3.05) is 6.54 Å². The number of rotatable bonds is 7. The lowest BCUT2D eigenvalue weighted by Crippen LogP contribution is -2.30. The Morgan fingerprint density at radius 1 is 0.966 bits per heavy atom. The Kier molecular flexibility index (Phi) is 5.56. The Bertz CT molecular complexity index is 1060. The highest BCUT2D eigenvalue weighted by atomic mass is 16.5. The maximum absolute atomic E-state index is 12.9. The number of carbonyl (C=O) groups excluding carboxylic acids is 1. The van der Waals surface area contributed by atoms with Gasteiger partial charge in [-0.15, -0.1) is 0 Å². The second-order valence-electron chi connectivity index (χ2n) is 6.83. The summed E-state index contributed by atoms with van der Waals surface area (Å²) in [7, 11) is 0. The molecule has 0 saturated heterocycles. The van der Waals surface area contributed by atoms with E-state index in [1.165, 1.54) is 0 Å². The molecule has 0 aliphatic rings. The second kappa shape index (κ2) is 8.61. The topological polar surface area (TPSA) is 46.8 Å². The van der Waals surface area contributed by atoms with Crippen molar-refractivity contribution in [3.63, 3.8) is 0 Å². The molecule has 0 bridgehead atoms. The van der Waals surface area contributed by atoms with Gasteiger partial charge in [-0.1, -0.05) is 48.5 Å². The molecule has 0 fully saturated rings. The fraction of sp³-hybridized carbons (Fsp3) is 0.167. The summed E-state index contributed by atoms with van der Waals surface area (Å²) in [6.45, 7) is 3.65. The lowest BCUT2D eigenvalue weighted by atomic mass is 10.2. The molecule has 4 aromatic rings. The van der Waals surface area contributed by atoms with Crippen molar-refractivity contribution < 1.29 is 9.53 Å². The summed E-state index contributed by atoms with van der Waals surface area (Å²) in [5.41, 5.74) is 3.41. The van der Waals surface area contributed by atoms with Gasteiger partial charge in [0, 0.05) is 25.5 Å². The van der Waals surface area contributed by atoms with Crippen LogP contribution in [0.15, 0.2) is 85.2 Å². The molecular formula is C24H23N3O2. The molecule has 5 heteroatoms. The molecule has 0 saturated carbocycles. The van der Waals surface area contributed by atoms with E-state index in [4.69, 9.17) is 4.74 Å². The number of carbonyl (C=O) groups is 1. The number of hydrogen-bond donors (Lipinski definition) is 0. The highest BCUT2D eigenvalue weighted by Crippen LogP contribution is 2.17. The zero-order chi connectivity index (χ0) is 20.1. The van der Waals surface area contributed by atoms with Gasteiger partial charge in [-0.05, 0) is 42.3 Å². The van der Waals surface area contributed by atoms with Crippen molar-refractivity contribution in [1.82, 2.24) is 14.3 Å². The summed E-state index contributed by atoms with van der Waals surface area (Å²) in [6.07, 6.45) is 3.67. The molecule has 146 valence electrons. The first-order chi connectivity index (χ1) is 14.2. The minimum Gasteiger partial charge on any atom is -0.489 e. The van der Waals surface area contributed by atoms with Crippen LogP contribution in [0.5, 0.6) is 5.75 Å². The van der Waals surface area contributed by atoms with E-state index in [0.717, 1.165) is 22.5 Å². The van der Waals surface area contributed by atoms with E-state index in [9.17, 15) is 4.79 Å². The van der Waals surface area contributed by atoms with Crippen molar-refractivity contribution >= 4 is 11.6 Å². The molecule has 2 heterocycles. The first kappa shape index (κ1) is 18.7. The van der Waals surface area contributed by atoms with Crippen LogP contribution in [0, 0.1) is 0 Å². The maximum atomic E-state index is 12.9. The van der Waals surface area contributed by atoms with E-state index < -0.39 is 0 Å². The van der Waals surface area contributed by atoms with Crippen LogP contribution in [-0.2, 0) is 13.2 Å². The minimum absolute atomic E-state index is 0.0689. The van der Waals surface area contributed by atoms with Crippen LogP contribution < -0.4 is 4.74 Å². The quantitative estimate of drug-likeness (QED) is 0.468. The van der Waals surface area contributed by atoms with Crippen LogP contribution in [-0.4, -0.2) is 26.7 Å². The fourth-order valence-electron chi connectivity index (χ4n) is 3.18. The van der Waals surface area contributed by atoms with E-state index in [1.54, 1.807) is 11.1 Å². The number of fused-ring (bicyclic) bond motifs is 1. The molecule has 0 N–H and O–H groups in total. The van der Waals surface area contributed by atoms with E-state index in [-0.39, 0.29) is 5.91 Å². The fourth-order valence-corrected chi connectivity index (χ4v) is 3.18. The molecule has 5 nitrogen and oxygen atoms in total. The largest absolute Gasteiger partial charge is 0.489 e. The van der Waals surface area contributed by atoms with Crippen molar-refractivity contribution in [1.29, 1.82) is 0 Å². The Balaban J connectivity index is 1.40. The third kappa shape index (κ3) is 4.46. The molecule has 0 aliphatic carbocycles. The highest BCUT2D eigenvalue weighted by Gasteiger charge is 2.17. The molecule has 4 rings (SSSR count). The standard InChI is InChI=1S/C24H23N3O2/c1-2-26(24(28)22-17-27-15-7-6-10-23(27)25-22)16-19-11-13-21(14-12-19)29-18-20-8-4-3-5-9-20/h3-15,17H,2,16,18H2,1H3. The number of amides is 1. The van der Waals surface area contributed by atoms with Gasteiger partial charge in [-0.2, -0.15) is 0 Å². The molecule has 0 spiro atoms. The summed E-state index contributed by atoms with van der Waals surface area (Å²) in [5, 5.41) is 0. The van der Waals surface area contributed by atoms with E-state index in [0.29, 0.717) is 25.4 Å². The average Bonchev–Trinajstić information content (AvgIpc) is 3.21. The predicted octanol–water partition coefficient (Wildman–Crippen LogP) is 4.58. The van der Waals surface area contributed by atoms with Crippen LogP contribution in [0.2, 0.25) is 0 Å².